The lowest BCUT2D eigenvalue weighted by Gasteiger charge is -2.32. The summed E-state index contributed by atoms with van der Waals surface area (Å²) in [6, 6.07) is 6.95. The summed E-state index contributed by atoms with van der Waals surface area (Å²) in [6.45, 7) is 1.70. The van der Waals surface area contributed by atoms with Gasteiger partial charge in [0.05, 0.1) is 5.56 Å². The highest BCUT2D eigenvalue weighted by Crippen LogP contribution is 2.30. The molecule has 4 heteroatoms. The van der Waals surface area contributed by atoms with Crippen molar-refractivity contribution in [1.82, 2.24) is 0 Å². The van der Waals surface area contributed by atoms with Crippen molar-refractivity contribution in [2.45, 2.75) is 25.4 Å². The highest BCUT2D eigenvalue weighted by atomic mass is 16.6. The van der Waals surface area contributed by atoms with E-state index in [0.29, 0.717) is 5.56 Å². The molecule has 1 aliphatic heterocycles. The van der Waals surface area contributed by atoms with Crippen LogP contribution in [0.25, 0.3) is 0 Å². The van der Waals surface area contributed by atoms with E-state index in [1.54, 1.807) is 31.2 Å². The van der Waals surface area contributed by atoms with E-state index in [4.69, 9.17) is 9.84 Å². The van der Waals surface area contributed by atoms with Gasteiger partial charge in [-0.15, -0.1) is 0 Å². The molecule has 0 aliphatic carbocycles. The van der Waals surface area contributed by atoms with Crippen LogP contribution < -0.4 is 0 Å². The van der Waals surface area contributed by atoms with Crippen LogP contribution in [0, 0.1) is 0 Å². The van der Waals surface area contributed by atoms with Crippen LogP contribution in [0.1, 0.15) is 29.3 Å². The zero-order valence-electron chi connectivity index (χ0n) is 8.90. The first-order valence-corrected chi connectivity index (χ1v) is 5.14. The second kappa shape index (κ2) is 3.63. The fourth-order valence-electron chi connectivity index (χ4n) is 1.92. The lowest BCUT2D eigenvalue weighted by molar-refractivity contribution is -0.160. The highest BCUT2D eigenvalue weighted by molar-refractivity contribution is 5.96. The second-order valence-electron chi connectivity index (χ2n) is 3.88. The predicted octanol–water partition coefficient (Wildman–Crippen LogP) is 1.63. The molecule has 1 heterocycles. The first kappa shape index (κ1) is 10.7. The van der Waals surface area contributed by atoms with Gasteiger partial charge in [0.15, 0.2) is 0 Å². The molecule has 1 aromatic rings. The molecule has 84 valence electrons. The van der Waals surface area contributed by atoms with Crippen LogP contribution in [0.5, 0.6) is 0 Å². The minimum Gasteiger partial charge on any atom is -0.478 e. The molecule has 0 amide bonds. The predicted molar refractivity (Wildman–Crippen MR) is 56.2 cm³/mol. The molecule has 0 fully saturated rings. The van der Waals surface area contributed by atoms with Crippen molar-refractivity contribution in [3.63, 3.8) is 0 Å². The van der Waals surface area contributed by atoms with Crippen molar-refractivity contribution in [1.29, 1.82) is 0 Å². The monoisotopic (exact) mass is 220 g/mol. The second-order valence-corrected chi connectivity index (χ2v) is 3.88. The van der Waals surface area contributed by atoms with E-state index in [1.165, 1.54) is 0 Å². The first-order chi connectivity index (χ1) is 7.59. The molecule has 0 radical (unpaired) electrons. The summed E-state index contributed by atoms with van der Waals surface area (Å²) >= 11 is 0. The van der Waals surface area contributed by atoms with Gasteiger partial charge in [0.1, 0.15) is 0 Å². The van der Waals surface area contributed by atoms with E-state index in [2.05, 4.69) is 0 Å². The molecule has 0 spiro atoms. The molecular weight excluding hydrogens is 208 g/mol. The molecular formula is C12H12O4. The van der Waals surface area contributed by atoms with Crippen LogP contribution in [0.2, 0.25) is 0 Å². The molecule has 1 atom stereocenters. The molecule has 1 N–H and O–H groups in total. The van der Waals surface area contributed by atoms with E-state index in [9.17, 15) is 9.59 Å². The van der Waals surface area contributed by atoms with Gasteiger partial charge >= 0.3 is 11.9 Å². The van der Waals surface area contributed by atoms with Crippen LogP contribution >= 0.6 is 0 Å². The molecule has 0 bridgehead atoms. The molecule has 1 unspecified atom stereocenters. The SMILES string of the molecule is CCC1(C(=O)O)Cc2ccccc2C(=O)O1. The standard InChI is InChI=1S/C12H12O4/c1-2-12(11(14)15)7-8-5-3-4-6-9(8)10(13)16-12/h3-6H,2,7H2,1H3,(H,14,15). The van der Waals surface area contributed by atoms with Gasteiger partial charge in [-0.2, -0.15) is 0 Å². The molecule has 0 saturated heterocycles. The average molecular weight is 220 g/mol. The number of rotatable bonds is 2. The van der Waals surface area contributed by atoms with Crippen LogP contribution in [0.4, 0.5) is 0 Å². The number of carboxylic acid groups (broad SMARTS) is 1. The average Bonchev–Trinajstić information content (AvgIpc) is 2.28. The number of esters is 1. The smallest absolute Gasteiger partial charge is 0.348 e. The number of ether oxygens (including phenoxy) is 1. The Labute approximate surface area is 92.8 Å². The first-order valence-electron chi connectivity index (χ1n) is 5.14. The van der Waals surface area contributed by atoms with Crippen LogP contribution in [-0.4, -0.2) is 22.6 Å². The number of hydrogen-bond donors (Lipinski definition) is 1. The maximum atomic E-state index is 11.7. The Morgan fingerprint density at radius 2 is 2.19 bits per heavy atom. The molecule has 0 saturated carbocycles. The van der Waals surface area contributed by atoms with E-state index in [1.807, 2.05) is 0 Å². The van der Waals surface area contributed by atoms with Gasteiger partial charge in [-0.05, 0) is 18.1 Å². The Balaban J connectivity index is 2.48. The fraction of sp³-hybridized carbons (Fsp3) is 0.333. The van der Waals surface area contributed by atoms with Crippen molar-refractivity contribution in [2.24, 2.45) is 0 Å². The maximum Gasteiger partial charge on any atom is 0.348 e. The van der Waals surface area contributed by atoms with Gasteiger partial charge in [-0.25, -0.2) is 9.59 Å². The molecule has 4 nitrogen and oxygen atoms in total. The Morgan fingerprint density at radius 3 is 2.81 bits per heavy atom. The van der Waals surface area contributed by atoms with Crippen LogP contribution in [-0.2, 0) is 16.0 Å². The summed E-state index contributed by atoms with van der Waals surface area (Å²) in [5, 5.41) is 9.15. The van der Waals surface area contributed by atoms with Gasteiger partial charge < -0.3 is 9.84 Å². The highest BCUT2D eigenvalue weighted by Gasteiger charge is 2.45. The maximum absolute atomic E-state index is 11.7. The minimum absolute atomic E-state index is 0.237. The van der Waals surface area contributed by atoms with Crippen molar-refractivity contribution < 1.29 is 19.4 Å². The zero-order valence-corrected chi connectivity index (χ0v) is 8.90. The molecule has 1 aliphatic rings. The number of aliphatic carboxylic acids is 1. The van der Waals surface area contributed by atoms with E-state index >= 15 is 0 Å². The van der Waals surface area contributed by atoms with E-state index < -0.39 is 17.5 Å². The van der Waals surface area contributed by atoms with Crippen molar-refractivity contribution in [2.75, 3.05) is 0 Å². The largest absolute Gasteiger partial charge is 0.478 e. The zero-order chi connectivity index (χ0) is 11.8. The fourth-order valence-corrected chi connectivity index (χ4v) is 1.92. The van der Waals surface area contributed by atoms with Crippen molar-refractivity contribution >= 4 is 11.9 Å². The van der Waals surface area contributed by atoms with E-state index in [0.717, 1.165) is 5.56 Å². The summed E-state index contributed by atoms with van der Waals surface area (Å²) in [4.78, 5) is 22.9. The third-order valence-corrected chi connectivity index (χ3v) is 2.96. The summed E-state index contributed by atoms with van der Waals surface area (Å²) in [5.41, 5.74) is -0.193. The Morgan fingerprint density at radius 1 is 1.50 bits per heavy atom. The molecule has 16 heavy (non-hydrogen) atoms. The molecule has 2 rings (SSSR count). The van der Waals surface area contributed by atoms with Gasteiger partial charge in [0.25, 0.3) is 0 Å². The van der Waals surface area contributed by atoms with E-state index in [-0.39, 0.29) is 12.8 Å². The minimum atomic E-state index is -1.40. The Kier molecular flexibility index (Phi) is 2.42. The van der Waals surface area contributed by atoms with Gasteiger partial charge in [0, 0.05) is 6.42 Å². The number of benzene rings is 1. The summed E-state index contributed by atoms with van der Waals surface area (Å²) < 4.78 is 5.07. The summed E-state index contributed by atoms with van der Waals surface area (Å²) in [6.07, 6.45) is 0.503. The van der Waals surface area contributed by atoms with Gasteiger partial charge in [-0.3, -0.25) is 0 Å². The Hall–Kier alpha value is -1.84. The number of carboxylic acids is 1. The Bertz CT molecular complexity index is 452. The number of fused-ring (bicyclic) bond motifs is 1. The number of hydrogen-bond acceptors (Lipinski definition) is 3. The van der Waals surface area contributed by atoms with Crippen molar-refractivity contribution in [3.05, 3.63) is 35.4 Å². The lowest BCUT2D eigenvalue weighted by atomic mass is 9.87. The van der Waals surface area contributed by atoms with Crippen LogP contribution in [0.15, 0.2) is 24.3 Å². The van der Waals surface area contributed by atoms with Crippen LogP contribution in [0.3, 0.4) is 0 Å². The third-order valence-electron chi connectivity index (χ3n) is 2.96. The molecule has 0 aromatic heterocycles. The number of carbonyl (C=O) groups is 2. The third kappa shape index (κ3) is 1.46. The topological polar surface area (TPSA) is 63.6 Å². The van der Waals surface area contributed by atoms with Crippen molar-refractivity contribution in [3.8, 4) is 0 Å². The lowest BCUT2D eigenvalue weighted by Crippen LogP contribution is -2.47. The van der Waals surface area contributed by atoms with Gasteiger partial charge in [-0.1, -0.05) is 25.1 Å². The number of carbonyl (C=O) groups excluding carboxylic acids is 1. The van der Waals surface area contributed by atoms with Gasteiger partial charge in [0.2, 0.25) is 5.60 Å². The molecule has 1 aromatic carbocycles. The summed E-state index contributed by atoms with van der Waals surface area (Å²) in [5.74, 6) is -1.64. The summed E-state index contributed by atoms with van der Waals surface area (Å²) in [7, 11) is 0. The normalized spacial score (nSPS) is 23.4. The number of cyclic esters (lactones) is 1. The quantitative estimate of drug-likeness (QED) is 0.769.